The summed E-state index contributed by atoms with van der Waals surface area (Å²) in [6.07, 6.45) is 0. The lowest BCUT2D eigenvalue weighted by atomic mass is 10.4. The number of hydrogen-bond donors (Lipinski definition) is 2. The molecule has 0 aliphatic rings. The van der Waals surface area contributed by atoms with Gasteiger partial charge in [-0.3, -0.25) is 0 Å². The maximum absolute atomic E-state index is 5.48. The monoisotopic (exact) mass is 128 g/mol. The Balaban J connectivity index is 2.92. The van der Waals surface area contributed by atoms with Crippen LogP contribution in [0.25, 0.3) is 0 Å². The fraction of sp³-hybridized carbons (Fsp3) is 0.200. The molecular formula is C5H8N2S. The lowest BCUT2D eigenvalue weighted by Gasteiger charge is -1.88. The molecule has 0 aliphatic carbocycles. The fourth-order valence-electron chi connectivity index (χ4n) is 0.516. The minimum Gasteiger partial charge on any atom is -0.398 e. The molecule has 1 aromatic heterocycles. The summed E-state index contributed by atoms with van der Waals surface area (Å²) in [4.78, 5) is 1.07. The number of anilines is 1. The van der Waals surface area contributed by atoms with Crippen LogP contribution in [0.1, 0.15) is 4.88 Å². The summed E-state index contributed by atoms with van der Waals surface area (Å²) in [5.41, 5.74) is 11.6. The topological polar surface area (TPSA) is 52.0 Å². The second-order valence-electron chi connectivity index (χ2n) is 1.50. The van der Waals surface area contributed by atoms with Crippen LogP contribution in [0.5, 0.6) is 0 Å². The molecule has 3 heteroatoms. The summed E-state index contributed by atoms with van der Waals surface area (Å²) in [5, 5.41) is 1.94. The van der Waals surface area contributed by atoms with E-state index in [0.29, 0.717) is 6.54 Å². The van der Waals surface area contributed by atoms with Gasteiger partial charge in [0.05, 0.1) is 0 Å². The van der Waals surface area contributed by atoms with E-state index in [1.165, 1.54) is 0 Å². The minimum atomic E-state index is 0.559. The zero-order chi connectivity index (χ0) is 5.98. The molecule has 0 bridgehead atoms. The lowest BCUT2D eigenvalue weighted by Crippen LogP contribution is -1.96. The summed E-state index contributed by atoms with van der Waals surface area (Å²) in [7, 11) is 0. The van der Waals surface area contributed by atoms with E-state index >= 15 is 0 Å². The van der Waals surface area contributed by atoms with Gasteiger partial charge in [0.15, 0.2) is 0 Å². The molecule has 1 rings (SSSR count). The van der Waals surface area contributed by atoms with Gasteiger partial charge in [0.25, 0.3) is 0 Å². The summed E-state index contributed by atoms with van der Waals surface area (Å²) in [5.74, 6) is 0. The molecule has 0 aliphatic heterocycles. The predicted octanol–water partition coefficient (Wildman–Crippen LogP) is 0.789. The van der Waals surface area contributed by atoms with Crippen molar-refractivity contribution in [2.45, 2.75) is 6.54 Å². The third-order valence-corrected chi connectivity index (χ3v) is 1.92. The largest absolute Gasteiger partial charge is 0.398 e. The first-order chi connectivity index (χ1) is 3.84. The van der Waals surface area contributed by atoms with Crippen molar-refractivity contribution in [1.82, 2.24) is 0 Å². The van der Waals surface area contributed by atoms with Crippen molar-refractivity contribution >= 4 is 17.0 Å². The molecule has 0 atom stereocenters. The number of thiophene rings is 1. The fourth-order valence-corrected chi connectivity index (χ4v) is 1.20. The summed E-state index contributed by atoms with van der Waals surface area (Å²) in [6, 6.07) is 1.87. The highest BCUT2D eigenvalue weighted by Gasteiger charge is 1.93. The van der Waals surface area contributed by atoms with Crippen LogP contribution in [-0.2, 0) is 6.54 Å². The molecule has 8 heavy (non-hydrogen) atoms. The highest BCUT2D eigenvalue weighted by molar-refractivity contribution is 7.10. The van der Waals surface area contributed by atoms with E-state index in [0.717, 1.165) is 10.6 Å². The normalized spacial score (nSPS) is 9.62. The molecule has 2 nitrogen and oxygen atoms in total. The van der Waals surface area contributed by atoms with Crippen LogP contribution in [-0.4, -0.2) is 0 Å². The van der Waals surface area contributed by atoms with Crippen LogP contribution in [0, 0.1) is 0 Å². The highest BCUT2D eigenvalue weighted by Crippen LogP contribution is 2.16. The first-order valence-electron chi connectivity index (χ1n) is 2.36. The van der Waals surface area contributed by atoms with Crippen LogP contribution in [0.15, 0.2) is 11.4 Å². The van der Waals surface area contributed by atoms with E-state index in [2.05, 4.69) is 0 Å². The maximum Gasteiger partial charge on any atom is 0.0468 e. The van der Waals surface area contributed by atoms with E-state index in [-0.39, 0.29) is 0 Å². The third kappa shape index (κ3) is 0.827. The van der Waals surface area contributed by atoms with Crippen LogP contribution in [0.2, 0.25) is 0 Å². The van der Waals surface area contributed by atoms with E-state index in [1.807, 2.05) is 11.4 Å². The Bertz CT molecular complexity index is 171. The first-order valence-corrected chi connectivity index (χ1v) is 3.24. The third-order valence-electron chi connectivity index (χ3n) is 0.965. The summed E-state index contributed by atoms with van der Waals surface area (Å²) < 4.78 is 0. The van der Waals surface area contributed by atoms with Crippen molar-refractivity contribution in [3.05, 3.63) is 16.3 Å². The first kappa shape index (κ1) is 5.59. The van der Waals surface area contributed by atoms with Crippen molar-refractivity contribution in [1.29, 1.82) is 0 Å². The van der Waals surface area contributed by atoms with Crippen LogP contribution < -0.4 is 11.5 Å². The molecule has 0 saturated carbocycles. The van der Waals surface area contributed by atoms with Gasteiger partial charge < -0.3 is 11.5 Å². The molecule has 1 aromatic rings. The number of nitrogen functional groups attached to an aromatic ring is 1. The zero-order valence-electron chi connectivity index (χ0n) is 4.42. The molecule has 1 heterocycles. The van der Waals surface area contributed by atoms with Crippen molar-refractivity contribution in [3.63, 3.8) is 0 Å². The predicted molar refractivity (Wildman–Crippen MR) is 36.6 cm³/mol. The van der Waals surface area contributed by atoms with Crippen LogP contribution >= 0.6 is 11.3 Å². The van der Waals surface area contributed by atoms with E-state index < -0.39 is 0 Å². The second kappa shape index (κ2) is 2.15. The molecule has 0 aromatic carbocycles. The Labute approximate surface area is 52.1 Å². The molecule has 0 unspecified atom stereocenters. The Kier molecular flexibility index (Phi) is 1.50. The van der Waals surface area contributed by atoms with Crippen molar-refractivity contribution in [2.75, 3.05) is 5.73 Å². The SMILES string of the molecule is NCc1sccc1N. The van der Waals surface area contributed by atoms with Crippen LogP contribution in [0.4, 0.5) is 5.69 Å². The summed E-state index contributed by atoms with van der Waals surface area (Å²) in [6.45, 7) is 0.559. The van der Waals surface area contributed by atoms with E-state index in [9.17, 15) is 0 Å². The van der Waals surface area contributed by atoms with Gasteiger partial charge in [-0.15, -0.1) is 11.3 Å². The average molecular weight is 128 g/mol. The van der Waals surface area contributed by atoms with E-state index in [1.54, 1.807) is 11.3 Å². The standard InChI is InChI=1S/C5H8N2S/c6-3-5-4(7)1-2-8-5/h1-2H,3,6-7H2. The number of nitrogens with two attached hydrogens (primary N) is 2. The molecule has 4 N–H and O–H groups in total. The van der Waals surface area contributed by atoms with Gasteiger partial charge in [-0.2, -0.15) is 0 Å². The Morgan fingerprint density at radius 3 is 2.62 bits per heavy atom. The Hall–Kier alpha value is -0.540. The molecule has 0 fully saturated rings. The zero-order valence-corrected chi connectivity index (χ0v) is 5.24. The molecule has 0 radical (unpaired) electrons. The summed E-state index contributed by atoms with van der Waals surface area (Å²) >= 11 is 1.60. The van der Waals surface area contributed by atoms with Crippen molar-refractivity contribution in [3.8, 4) is 0 Å². The van der Waals surface area contributed by atoms with Gasteiger partial charge in [0.1, 0.15) is 0 Å². The molecule has 44 valence electrons. The Morgan fingerprint density at radius 1 is 1.62 bits per heavy atom. The van der Waals surface area contributed by atoms with Crippen molar-refractivity contribution < 1.29 is 0 Å². The van der Waals surface area contributed by atoms with Gasteiger partial charge in [-0.25, -0.2) is 0 Å². The molecule has 0 saturated heterocycles. The van der Waals surface area contributed by atoms with Gasteiger partial charge in [-0.1, -0.05) is 0 Å². The average Bonchev–Trinajstić information content (AvgIpc) is 2.14. The van der Waals surface area contributed by atoms with Gasteiger partial charge >= 0.3 is 0 Å². The Morgan fingerprint density at radius 2 is 2.38 bits per heavy atom. The molecular weight excluding hydrogens is 120 g/mol. The number of hydrogen-bond acceptors (Lipinski definition) is 3. The van der Waals surface area contributed by atoms with Gasteiger partial charge in [0, 0.05) is 17.1 Å². The van der Waals surface area contributed by atoms with Crippen molar-refractivity contribution in [2.24, 2.45) is 5.73 Å². The minimum absolute atomic E-state index is 0.559. The maximum atomic E-state index is 5.48. The van der Waals surface area contributed by atoms with Gasteiger partial charge in [0.2, 0.25) is 0 Å². The van der Waals surface area contributed by atoms with Gasteiger partial charge in [-0.05, 0) is 11.4 Å². The quantitative estimate of drug-likeness (QED) is 0.587. The molecule has 0 spiro atoms. The van der Waals surface area contributed by atoms with Crippen LogP contribution in [0.3, 0.4) is 0 Å². The number of rotatable bonds is 1. The van der Waals surface area contributed by atoms with E-state index in [4.69, 9.17) is 11.5 Å². The highest BCUT2D eigenvalue weighted by atomic mass is 32.1. The second-order valence-corrected chi connectivity index (χ2v) is 2.50. The lowest BCUT2D eigenvalue weighted by molar-refractivity contribution is 1.11. The smallest absolute Gasteiger partial charge is 0.0468 e. The molecule has 0 amide bonds.